The van der Waals surface area contributed by atoms with Gasteiger partial charge in [0.15, 0.2) is 5.96 Å². The topological polar surface area (TPSA) is 75.2 Å². The van der Waals surface area contributed by atoms with Crippen molar-refractivity contribution in [2.45, 2.75) is 25.8 Å². The van der Waals surface area contributed by atoms with E-state index in [0.717, 1.165) is 51.4 Å². The number of guanidine groups is 1. The molecule has 1 aliphatic rings. The van der Waals surface area contributed by atoms with Gasteiger partial charge in [-0.25, -0.2) is 0 Å². The third-order valence-corrected chi connectivity index (χ3v) is 4.68. The second-order valence-electron chi connectivity index (χ2n) is 7.07. The van der Waals surface area contributed by atoms with Gasteiger partial charge in [0.1, 0.15) is 0 Å². The van der Waals surface area contributed by atoms with E-state index in [-0.39, 0.29) is 5.91 Å². The van der Waals surface area contributed by atoms with Crippen molar-refractivity contribution in [2.75, 3.05) is 53.6 Å². The van der Waals surface area contributed by atoms with Crippen molar-refractivity contribution in [3.63, 3.8) is 0 Å². The summed E-state index contributed by atoms with van der Waals surface area (Å²) in [7, 11) is 3.56. The summed E-state index contributed by atoms with van der Waals surface area (Å²) in [5, 5.41) is 6.44. The van der Waals surface area contributed by atoms with Crippen LogP contribution >= 0.6 is 0 Å². The predicted molar refractivity (Wildman–Crippen MR) is 111 cm³/mol. The van der Waals surface area contributed by atoms with Crippen molar-refractivity contribution in [1.82, 2.24) is 15.5 Å². The van der Waals surface area contributed by atoms with Gasteiger partial charge in [-0.1, -0.05) is 30.3 Å². The van der Waals surface area contributed by atoms with E-state index in [2.05, 4.69) is 15.6 Å². The molecule has 1 aliphatic heterocycles. The molecule has 0 spiro atoms. The lowest BCUT2D eigenvalue weighted by Crippen LogP contribution is -2.40. The van der Waals surface area contributed by atoms with E-state index in [1.165, 1.54) is 0 Å². The fourth-order valence-electron chi connectivity index (χ4n) is 2.99. The lowest BCUT2D eigenvalue weighted by atomic mass is 10.1. The molecule has 7 nitrogen and oxygen atoms in total. The lowest BCUT2D eigenvalue weighted by Gasteiger charge is -2.18. The second-order valence-corrected chi connectivity index (χ2v) is 7.07. The molecule has 1 aromatic rings. The molecule has 0 saturated carbocycles. The quantitative estimate of drug-likeness (QED) is 0.341. The number of aliphatic imine (C=N–C) groups is 1. The highest BCUT2D eigenvalue weighted by atomic mass is 16.5. The average molecular weight is 391 g/mol. The van der Waals surface area contributed by atoms with Gasteiger partial charge in [0, 0.05) is 59.3 Å². The number of amides is 1. The highest BCUT2D eigenvalue weighted by Gasteiger charge is 2.15. The van der Waals surface area contributed by atoms with Crippen molar-refractivity contribution in [3.05, 3.63) is 35.9 Å². The molecule has 1 fully saturated rings. The molecule has 0 aromatic heterocycles. The van der Waals surface area contributed by atoms with Crippen molar-refractivity contribution in [1.29, 1.82) is 0 Å². The maximum absolute atomic E-state index is 12.3. The summed E-state index contributed by atoms with van der Waals surface area (Å²) in [6.45, 7) is 5.16. The highest BCUT2D eigenvalue weighted by molar-refractivity contribution is 5.81. The molecule has 2 N–H and O–H groups in total. The Labute approximate surface area is 168 Å². The van der Waals surface area contributed by atoms with Gasteiger partial charge in [-0.2, -0.15) is 0 Å². The van der Waals surface area contributed by atoms with Gasteiger partial charge in [-0.15, -0.1) is 0 Å². The molecule has 0 bridgehead atoms. The summed E-state index contributed by atoms with van der Waals surface area (Å²) in [5.74, 6) is 1.37. The Balaban J connectivity index is 1.51. The molecule has 1 heterocycles. The van der Waals surface area contributed by atoms with Crippen LogP contribution in [0.4, 0.5) is 0 Å². The van der Waals surface area contributed by atoms with Gasteiger partial charge >= 0.3 is 0 Å². The number of carbonyl (C=O) groups excluding carboxylic acids is 1. The van der Waals surface area contributed by atoms with Gasteiger partial charge in [0.25, 0.3) is 0 Å². The predicted octanol–water partition coefficient (Wildman–Crippen LogP) is 1.64. The summed E-state index contributed by atoms with van der Waals surface area (Å²) < 4.78 is 11.0. The fraction of sp³-hybridized carbons (Fsp3) is 0.619. The maximum Gasteiger partial charge on any atom is 0.224 e. The zero-order valence-corrected chi connectivity index (χ0v) is 17.2. The lowest BCUT2D eigenvalue weighted by molar-refractivity contribution is -0.130. The molecule has 28 heavy (non-hydrogen) atoms. The van der Waals surface area contributed by atoms with Crippen molar-refractivity contribution in [2.24, 2.45) is 10.9 Å². The van der Waals surface area contributed by atoms with Crippen LogP contribution < -0.4 is 10.6 Å². The Morgan fingerprint density at radius 1 is 1.29 bits per heavy atom. The van der Waals surface area contributed by atoms with Crippen LogP contribution in [-0.2, 0) is 20.8 Å². The number of rotatable bonds is 11. The summed E-state index contributed by atoms with van der Waals surface area (Å²) in [6, 6.07) is 10.0. The SMILES string of the molecule is CN=C(NCCCOCC1CCOC1)NCCC(=O)N(C)Cc1ccccc1. The number of nitrogens with one attached hydrogen (secondary N) is 2. The van der Waals surface area contributed by atoms with E-state index < -0.39 is 0 Å². The minimum absolute atomic E-state index is 0.107. The molecule has 1 saturated heterocycles. The zero-order valence-electron chi connectivity index (χ0n) is 17.2. The van der Waals surface area contributed by atoms with E-state index in [9.17, 15) is 4.79 Å². The minimum Gasteiger partial charge on any atom is -0.381 e. The van der Waals surface area contributed by atoms with E-state index in [0.29, 0.717) is 31.4 Å². The molecule has 1 atom stereocenters. The Bertz CT molecular complexity index is 589. The molecule has 2 rings (SSSR count). The van der Waals surface area contributed by atoms with Crippen LogP contribution in [0.1, 0.15) is 24.8 Å². The van der Waals surface area contributed by atoms with Gasteiger partial charge in [-0.3, -0.25) is 9.79 Å². The van der Waals surface area contributed by atoms with Gasteiger partial charge in [-0.05, 0) is 18.4 Å². The molecule has 156 valence electrons. The smallest absolute Gasteiger partial charge is 0.224 e. The second kappa shape index (κ2) is 13.1. The normalized spacial score (nSPS) is 16.8. The average Bonchev–Trinajstić information content (AvgIpc) is 3.23. The van der Waals surface area contributed by atoms with E-state index in [1.54, 1.807) is 11.9 Å². The highest BCUT2D eigenvalue weighted by Crippen LogP contribution is 2.12. The van der Waals surface area contributed by atoms with Crippen LogP contribution in [0.2, 0.25) is 0 Å². The summed E-state index contributed by atoms with van der Waals surface area (Å²) in [6.07, 6.45) is 2.44. The van der Waals surface area contributed by atoms with Gasteiger partial charge in [0.05, 0.1) is 13.2 Å². The molecule has 0 aliphatic carbocycles. The molecular weight excluding hydrogens is 356 g/mol. The standard InChI is InChI=1S/C21H34N4O3/c1-22-21(23-11-6-13-27-16-19-10-14-28-17-19)24-12-9-20(26)25(2)15-18-7-4-3-5-8-18/h3-5,7-8,19H,6,9-17H2,1-2H3,(H2,22,23,24). The number of hydrogen-bond acceptors (Lipinski definition) is 4. The number of benzene rings is 1. The number of nitrogens with zero attached hydrogens (tertiary/aromatic N) is 2. The first-order valence-electron chi connectivity index (χ1n) is 10.1. The molecule has 0 radical (unpaired) electrons. The third kappa shape index (κ3) is 8.71. The van der Waals surface area contributed by atoms with Crippen LogP contribution in [-0.4, -0.2) is 70.4 Å². The maximum atomic E-state index is 12.3. The summed E-state index contributed by atoms with van der Waals surface area (Å²) in [5.41, 5.74) is 1.13. The largest absolute Gasteiger partial charge is 0.381 e. The zero-order chi connectivity index (χ0) is 20.0. The third-order valence-electron chi connectivity index (χ3n) is 4.68. The van der Waals surface area contributed by atoms with Crippen LogP contribution in [0, 0.1) is 5.92 Å². The van der Waals surface area contributed by atoms with Gasteiger partial charge < -0.3 is 25.0 Å². The van der Waals surface area contributed by atoms with Crippen LogP contribution in [0.25, 0.3) is 0 Å². The van der Waals surface area contributed by atoms with Crippen LogP contribution in [0.15, 0.2) is 35.3 Å². The van der Waals surface area contributed by atoms with Crippen LogP contribution in [0.3, 0.4) is 0 Å². The Kier molecular flexibility index (Phi) is 10.4. The molecule has 7 heteroatoms. The van der Waals surface area contributed by atoms with Gasteiger partial charge in [0.2, 0.25) is 5.91 Å². The van der Waals surface area contributed by atoms with E-state index in [4.69, 9.17) is 9.47 Å². The van der Waals surface area contributed by atoms with Crippen LogP contribution in [0.5, 0.6) is 0 Å². The molecule has 1 aromatic carbocycles. The fourth-order valence-corrected chi connectivity index (χ4v) is 2.99. The number of carbonyl (C=O) groups is 1. The van der Waals surface area contributed by atoms with Crippen molar-refractivity contribution < 1.29 is 14.3 Å². The summed E-state index contributed by atoms with van der Waals surface area (Å²) in [4.78, 5) is 18.2. The Morgan fingerprint density at radius 3 is 2.79 bits per heavy atom. The van der Waals surface area contributed by atoms with Crippen molar-refractivity contribution in [3.8, 4) is 0 Å². The van der Waals surface area contributed by atoms with Crippen molar-refractivity contribution >= 4 is 11.9 Å². The minimum atomic E-state index is 0.107. The molecule has 1 unspecified atom stereocenters. The first-order chi connectivity index (χ1) is 13.7. The Morgan fingerprint density at radius 2 is 2.07 bits per heavy atom. The molecule has 1 amide bonds. The monoisotopic (exact) mass is 390 g/mol. The number of hydrogen-bond donors (Lipinski definition) is 2. The van der Waals surface area contributed by atoms with E-state index >= 15 is 0 Å². The van der Waals surface area contributed by atoms with E-state index in [1.807, 2.05) is 37.4 Å². The summed E-state index contributed by atoms with van der Waals surface area (Å²) >= 11 is 0. The molecular formula is C21H34N4O3. The first-order valence-corrected chi connectivity index (χ1v) is 10.1. The Hall–Kier alpha value is -2.12. The first kappa shape index (κ1) is 22.2. The number of ether oxygens (including phenoxy) is 2.